The van der Waals surface area contributed by atoms with Gasteiger partial charge in [0.05, 0.1) is 16.6 Å². The molecule has 0 radical (unpaired) electrons. The molecule has 0 atom stereocenters. The van der Waals surface area contributed by atoms with Gasteiger partial charge in [-0.05, 0) is 30.3 Å². The minimum atomic E-state index is 1.18. The summed E-state index contributed by atoms with van der Waals surface area (Å²) in [4.78, 5) is 3.81. The van der Waals surface area contributed by atoms with Gasteiger partial charge < -0.3 is 9.55 Å². The fraction of sp³-hybridized carbons (Fsp3) is 0. The molecule has 0 saturated heterocycles. The van der Waals surface area contributed by atoms with Gasteiger partial charge in [0.25, 0.3) is 0 Å². The van der Waals surface area contributed by atoms with Gasteiger partial charge in [-0.2, -0.15) is 0 Å². The molecule has 1 N–H and O–H groups in total. The number of benzene rings is 5. The van der Waals surface area contributed by atoms with Gasteiger partial charge in [0.1, 0.15) is 0 Å². The fourth-order valence-electron chi connectivity index (χ4n) is 5.60. The van der Waals surface area contributed by atoms with Crippen LogP contribution in [-0.2, 0) is 0 Å². The van der Waals surface area contributed by atoms with Crippen LogP contribution in [0.15, 0.2) is 103 Å². The number of hydrogen-bond acceptors (Lipinski definition) is 1. The van der Waals surface area contributed by atoms with Crippen LogP contribution in [0.2, 0.25) is 0 Å². The Labute approximate surface area is 193 Å². The van der Waals surface area contributed by atoms with Crippen molar-refractivity contribution in [3.8, 4) is 5.69 Å². The Morgan fingerprint density at radius 3 is 2.15 bits per heavy atom. The Morgan fingerprint density at radius 2 is 1.27 bits per heavy atom. The summed E-state index contributed by atoms with van der Waals surface area (Å²) in [6.07, 6.45) is 0. The summed E-state index contributed by atoms with van der Waals surface area (Å²) in [6.45, 7) is 0. The maximum absolute atomic E-state index is 3.81. The summed E-state index contributed by atoms with van der Waals surface area (Å²) in [6, 6.07) is 37.1. The molecule has 2 nitrogen and oxygen atoms in total. The second-order valence-corrected chi connectivity index (χ2v) is 9.69. The Hall–Kier alpha value is -4.08. The summed E-state index contributed by atoms with van der Waals surface area (Å²) in [5, 5.41) is 7.95. The number of hydrogen-bond donors (Lipinski definition) is 1. The summed E-state index contributed by atoms with van der Waals surface area (Å²) < 4.78 is 5.14. The molecule has 0 bridgehead atoms. The number of para-hydroxylation sites is 3. The van der Waals surface area contributed by atoms with Crippen LogP contribution >= 0.6 is 11.3 Å². The smallest absolute Gasteiger partial charge is 0.0790 e. The van der Waals surface area contributed by atoms with Crippen molar-refractivity contribution in [1.29, 1.82) is 0 Å². The molecule has 0 aliphatic heterocycles. The lowest BCUT2D eigenvalue weighted by atomic mass is 10.0. The lowest BCUT2D eigenvalue weighted by Gasteiger charge is -2.09. The van der Waals surface area contributed by atoms with E-state index in [9.17, 15) is 0 Å². The largest absolute Gasteiger partial charge is 0.353 e. The highest BCUT2D eigenvalue weighted by Gasteiger charge is 2.23. The highest BCUT2D eigenvalue weighted by molar-refractivity contribution is 7.27. The summed E-state index contributed by atoms with van der Waals surface area (Å²) in [5.74, 6) is 0. The van der Waals surface area contributed by atoms with Crippen LogP contribution in [0, 0.1) is 0 Å². The first kappa shape index (κ1) is 17.5. The molecular weight excluding hydrogens is 420 g/mol. The van der Waals surface area contributed by atoms with E-state index >= 15 is 0 Å². The SMILES string of the molecule is c1ccc(-n2c3ccccc3c3c4c5ccccc5sc4c4c5ccccc5[nH]c4c32)cc1. The second kappa shape index (κ2) is 6.25. The quantitative estimate of drug-likeness (QED) is 0.264. The predicted molar refractivity (Wildman–Crippen MR) is 143 cm³/mol. The maximum Gasteiger partial charge on any atom is 0.0790 e. The molecule has 0 spiro atoms. The van der Waals surface area contributed by atoms with Gasteiger partial charge in [-0.3, -0.25) is 0 Å². The summed E-state index contributed by atoms with van der Waals surface area (Å²) in [7, 11) is 0. The molecular formula is C30H18N2S. The van der Waals surface area contributed by atoms with Crippen molar-refractivity contribution in [2.75, 3.05) is 0 Å². The van der Waals surface area contributed by atoms with Crippen molar-refractivity contribution in [2.45, 2.75) is 0 Å². The van der Waals surface area contributed by atoms with E-state index in [1.165, 1.54) is 69.5 Å². The lowest BCUT2D eigenvalue weighted by Crippen LogP contribution is -1.93. The number of fused-ring (bicyclic) bond motifs is 12. The molecule has 0 aliphatic carbocycles. The van der Waals surface area contributed by atoms with E-state index < -0.39 is 0 Å². The van der Waals surface area contributed by atoms with Crippen molar-refractivity contribution < 1.29 is 0 Å². The van der Waals surface area contributed by atoms with Crippen LogP contribution in [0.3, 0.4) is 0 Å². The zero-order valence-electron chi connectivity index (χ0n) is 17.7. The highest BCUT2D eigenvalue weighted by atomic mass is 32.1. The van der Waals surface area contributed by atoms with Crippen LogP contribution in [0.5, 0.6) is 0 Å². The molecule has 8 aromatic rings. The number of H-pyrrole nitrogens is 1. The van der Waals surface area contributed by atoms with E-state index in [1.807, 2.05) is 11.3 Å². The number of thiophene rings is 1. The Bertz CT molecular complexity index is 2020. The van der Waals surface area contributed by atoms with Gasteiger partial charge in [0.2, 0.25) is 0 Å². The number of aromatic nitrogens is 2. The van der Waals surface area contributed by atoms with E-state index in [4.69, 9.17) is 0 Å². The topological polar surface area (TPSA) is 20.7 Å². The Kier molecular flexibility index (Phi) is 3.31. The third kappa shape index (κ3) is 2.17. The summed E-state index contributed by atoms with van der Waals surface area (Å²) in [5.41, 5.74) is 6.07. The lowest BCUT2D eigenvalue weighted by molar-refractivity contribution is 1.18. The highest BCUT2D eigenvalue weighted by Crippen LogP contribution is 2.49. The zero-order valence-corrected chi connectivity index (χ0v) is 18.5. The van der Waals surface area contributed by atoms with E-state index in [-0.39, 0.29) is 0 Å². The van der Waals surface area contributed by atoms with Crippen molar-refractivity contribution in [3.63, 3.8) is 0 Å². The molecule has 3 heteroatoms. The van der Waals surface area contributed by atoms with Gasteiger partial charge in [-0.1, -0.05) is 72.8 Å². The molecule has 3 aromatic heterocycles. The first-order valence-corrected chi connectivity index (χ1v) is 12.0. The third-order valence-electron chi connectivity index (χ3n) is 6.90. The predicted octanol–water partition coefficient (Wildman–Crippen LogP) is 8.79. The Morgan fingerprint density at radius 1 is 0.576 bits per heavy atom. The van der Waals surface area contributed by atoms with Crippen LogP contribution in [0.4, 0.5) is 0 Å². The van der Waals surface area contributed by atoms with Gasteiger partial charge in [-0.15, -0.1) is 11.3 Å². The second-order valence-electron chi connectivity index (χ2n) is 8.63. The van der Waals surface area contributed by atoms with Crippen LogP contribution < -0.4 is 0 Å². The minimum Gasteiger partial charge on any atom is -0.353 e. The summed E-state index contributed by atoms with van der Waals surface area (Å²) >= 11 is 1.91. The minimum absolute atomic E-state index is 1.18. The molecule has 0 amide bonds. The molecule has 0 saturated carbocycles. The molecule has 3 heterocycles. The number of rotatable bonds is 1. The van der Waals surface area contributed by atoms with Crippen LogP contribution in [0.25, 0.3) is 69.5 Å². The molecule has 0 unspecified atom stereocenters. The van der Waals surface area contributed by atoms with Crippen molar-refractivity contribution >= 4 is 75.1 Å². The standard InChI is InChI=1S/C30H18N2S/c1-2-10-18(11-3-1)32-23-16-8-5-13-20(23)25-26-21-14-6-9-17-24(21)33-30(26)27-19-12-4-7-15-22(19)31-28(27)29(25)32/h1-17,31H. The first-order valence-electron chi connectivity index (χ1n) is 11.2. The molecule has 5 aromatic carbocycles. The zero-order chi connectivity index (χ0) is 21.5. The van der Waals surface area contributed by atoms with Crippen LogP contribution in [-0.4, -0.2) is 9.55 Å². The van der Waals surface area contributed by atoms with E-state index in [2.05, 4.69) is 113 Å². The average Bonchev–Trinajstić information content (AvgIpc) is 3.54. The van der Waals surface area contributed by atoms with Gasteiger partial charge in [0.15, 0.2) is 0 Å². The van der Waals surface area contributed by atoms with Crippen LogP contribution in [0.1, 0.15) is 0 Å². The monoisotopic (exact) mass is 438 g/mol. The molecule has 0 aliphatic rings. The third-order valence-corrected chi connectivity index (χ3v) is 8.09. The average molecular weight is 439 g/mol. The molecule has 0 fully saturated rings. The fourth-order valence-corrected chi connectivity index (χ4v) is 6.87. The van der Waals surface area contributed by atoms with Crippen molar-refractivity contribution in [3.05, 3.63) is 103 Å². The first-order chi connectivity index (χ1) is 16.4. The Balaban J connectivity index is 1.80. The number of nitrogens with zero attached hydrogens (tertiary/aromatic N) is 1. The van der Waals surface area contributed by atoms with E-state index in [0.29, 0.717) is 0 Å². The van der Waals surface area contributed by atoms with Crippen molar-refractivity contribution in [2.24, 2.45) is 0 Å². The maximum atomic E-state index is 3.81. The van der Waals surface area contributed by atoms with E-state index in [0.717, 1.165) is 0 Å². The molecule has 33 heavy (non-hydrogen) atoms. The van der Waals surface area contributed by atoms with Gasteiger partial charge >= 0.3 is 0 Å². The van der Waals surface area contributed by atoms with Gasteiger partial charge in [0, 0.05) is 52.9 Å². The van der Waals surface area contributed by atoms with Crippen molar-refractivity contribution in [1.82, 2.24) is 9.55 Å². The van der Waals surface area contributed by atoms with E-state index in [1.54, 1.807) is 0 Å². The molecule has 8 rings (SSSR count). The number of aromatic amines is 1. The normalized spacial score (nSPS) is 12.2. The van der Waals surface area contributed by atoms with Gasteiger partial charge in [-0.25, -0.2) is 0 Å². The number of nitrogens with one attached hydrogen (secondary N) is 1. The molecule has 154 valence electrons.